The molecule has 154 valence electrons. The number of benzene rings is 1. The quantitative estimate of drug-likeness (QED) is 0.400. The van der Waals surface area contributed by atoms with E-state index >= 15 is 0 Å². The van der Waals surface area contributed by atoms with Crippen molar-refractivity contribution in [3.63, 3.8) is 0 Å². The van der Waals surface area contributed by atoms with Gasteiger partial charge in [-0.2, -0.15) is 0 Å². The van der Waals surface area contributed by atoms with Gasteiger partial charge in [-0.3, -0.25) is 14.4 Å². The van der Waals surface area contributed by atoms with Crippen molar-refractivity contribution in [2.45, 2.75) is 47.0 Å². The smallest absolute Gasteiger partial charge is 0.323 e. The molecule has 0 spiro atoms. The molecule has 0 amide bonds. The fraction of sp³-hybridized carbons (Fsp3) is 0.591. The van der Waals surface area contributed by atoms with Gasteiger partial charge in [-0.25, -0.2) is 0 Å². The first-order valence-corrected chi connectivity index (χ1v) is 9.74. The summed E-state index contributed by atoms with van der Waals surface area (Å²) in [5, 5.41) is 0. The SMILES string of the molecule is CCOC(=O)C1(C(=O)OCC)CCC(C)(C)C(C(=O)c2ccc(OC)cc2)C1. The first kappa shape index (κ1) is 21.9. The second-order valence-corrected chi connectivity index (χ2v) is 7.86. The van der Waals surface area contributed by atoms with Crippen LogP contribution in [0.4, 0.5) is 0 Å². The molecule has 0 bridgehead atoms. The van der Waals surface area contributed by atoms with E-state index in [2.05, 4.69) is 0 Å². The van der Waals surface area contributed by atoms with Crippen molar-refractivity contribution in [3.8, 4) is 5.75 Å². The van der Waals surface area contributed by atoms with Crippen LogP contribution in [0.2, 0.25) is 0 Å². The highest BCUT2D eigenvalue weighted by Gasteiger charge is 2.57. The van der Waals surface area contributed by atoms with Crippen molar-refractivity contribution in [3.05, 3.63) is 29.8 Å². The maximum absolute atomic E-state index is 13.3. The summed E-state index contributed by atoms with van der Waals surface area (Å²) in [6, 6.07) is 6.88. The van der Waals surface area contributed by atoms with E-state index in [0.29, 0.717) is 24.2 Å². The van der Waals surface area contributed by atoms with Gasteiger partial charge in [-0.15, -0.1) is 0 Å². The normalized spacial score (nSPS) is 20.1. The van der Waals surface area contributed by atoms with Crippen LogP contribution in [0, 0.1) is 16.7 Å². The van der Waals surface area contributed by atoms with Crippen LogP contribution in [-0.4, -0.2) is 38.0 Å². The Morgan fingerprint density at radius 1 is 0.964 bits per heavy atom. The lowest BCUT2D eigenvalue weighted by Gasteiger charge is -2.45. The minimum absolute atomic E-state index is 0.0858. The van der Waals surface area contributed by atoms with Gasteiger partial charge in [0.25, 0.3) is 0 Å². The summed E-state index contributed by atoms with van der Waals surface area (Å²) >= 11 is 0. The van der Waals surface area contributed by atoms with E-state index in [-0.39, 0.29) is 30.8 Å². The van der Waals surface area contributed by atoms with Crippen molar-refractivity contribution in [2.24, 2.45) is 16.7 Å². The number of Topliss-reactive ketones (excluding diaryl/α,β-unsaturated/α-hetero) is 1. The van der Waals surface area contributed by atoms with Crippen molar-refractivity contribution >= 4 is 17.7 Å². The largest absolute Gasteiger partial charge is 0.497 e. The van der Waals surface area contributed by atoms with Gasteiger partial charge in [0.15, 0.2) is 11.2 Å². The predicted octanol–water partition coefficient (Wildman–Crippen LogP) is 3.82. The molecule has 0 aromatic heterocycles. The van der Waals surface area contributed by atoms with E-state index in [1.165, 1.54) is 0 Å². The van der Waals surface area contributed by atoms with Crippen molar-refractivity contribution in [1.82, 2.24) is 0 Å². The Hall–Kier alpha value is -2.37. The van der Waals surface area contributed by atoms with Gasteiger partial charge >= 0.3 is 11.9 Å². The average Bonchev–Trinajstić information content (AvgIpc) is 2.68. The molecular weight excluding hydrogens is 360 g/mol. The first-order valence-electron chi connectivity index (χ1n) is 9.74. The summed E-state index contributed by atoms with van der Waals surface area (Å²) in [6.07, 6.45) is 0.934. The standard InChI is InChI=1S/C22H30O6/c1-6-27-19(24)22(20(25)28-7-2)13-12-21(3,4)17(14-22)18(23)15-8-10-16(26-5)11-9-15/h8-11,17H,6-7,12-14H2,1-5H3. The van der Waals surface area contributed by atoms with Crippen LogP contribution in [0.3, 0.4) is 0 Å². The summed E-state index contributed by atoms with van der Waals surface area (Å²) in [4.78, 5) is 38.9. The van der Waals surface area contributed by atoms with Crippen LogP contribution in [0.25, 0.3) is 0 Å². The van der Waals surface area contributed by atoms with Gasteiger partial charge < -0.3 is 14.2 Å². The third-order valence-corrected chi connectivity index (χ3v) is 5.72. The molecule has 6 nitrogen and oxygen atoms in total. The second-order valence-electron chi connectivity index (χ2n) is 7.86. The molecule has 6 heteroatoms. The molecule has 28 heavy (non-hydrogen) atoms. The molecule has 1 atom stereocenters. The molecule has 1 saturated carbocycles. The Labute approximate surface area is 166 Å². The minimum Gasteiger partial charge on any atom is -0.497 e. The molecule has 0 aliphatic heterocycles. The van der Waals surface area contributed by atoms with E-state index in [9.17, 15) is 14.4 Å². The summed E-state index contributed by atoms with van der Waals surface area (Å²) < 4.78 is 15.6. The number of ether oxygens (including phenoxy) is 3. The lowest BCUT2D eigenvalue weighted by molar-refractivity contribution is -0.177. The Morgan fingerprint density at radius 2 is 1.50 bits per heavy atom. The van der Waals surface area contributed by atoms with E-state index in [0.717, 1.165) is 0 Å². The monoisotopic (exact) mass is 390 g/mol. The van der Waals surface area contributed by atoms with Gasteiger partial charge in [0, 0.05) is 11.5 Å². The van der Waals surface area contributed by atoms with Crippen molar-refractivity contribution in [2.75, 3.05) is 20.3 Å². The summed E-state index contributed by atoms with van der Waals surface area (Å²) in [6.45, 7) is 7.73. The van der Waals surface area contributed by atoms with Crippen molar-refractivity contribution < 1.29 is 28.6 Å². The molecule has 2 rings (SSSR count). The fourth-order valence-electron chi connectivity index (χ4n) is 3.83. The van der Waals surface area contributed by atoms with Gasteiger partial charge in [-0.1, -0.05) is 13.8 Å². The Kier molecular flexibility index (Phi) is 6.86. The number of ketones is 1. The molecule has 1 aliphatic rings. The first-order chi connectivity index (χ1) is 13.2. The van der Waals surface area contributed by atoms with E-state index < -0.39 is 23.3 Å². The number of carbonyl (C=O) groups excluding carboxylic acids is 3. The third kappa shape index (κ3) is 4.21. The second kappa shape index (κ2) is 8.76. The minimum atomic E-state index is -1.44. The zero-order chi connectivity index (χ0) is 20.9. The highest BCUT2D eigenvalue weighted by molar-refractivity contribution is 6.03. The van der Waals surface area contributed by atoms with Gasteiger partial charge in [0.1, 0.15) is 5.75 Å². The Bertz CT molecular complexity index is 701. The number of hydrogen-bond acceptors (Lipinski definition) is 6. The molecule has 0 saturated heterocycles. The third-order valence-electron chi connectivity index (χ3n) is 5.72. The number of rotatable bonds is 7. The van der Waals surface area contributed by atoms with Crippen LogP contribution in [0.1, 0.15) is 57.3 Å². The van der Waals surface area contributed by atoms with Crippen LogP contribution in [0.15, 0.2) is 24.3 Å². The lowest BCUT2D eigenvalue weighted by Crippen LogP contribution is -2.51. The molecule has 0 N–H and O–H groups in total. The van der Waals surface area contributed by atoms with E-state index in [1.807, 2.05) is 13.8 Å². The molecule has 0 radical (unpaired) electrons. The number of hydrogen-bond donors (Lipinski definition) is 0. The molecule has 1 unspecified atom stereocenters. The van der Waals surface area contributed by atoms with E-state index in [1.54, 1.807) is 45.2 Å². The van der Waals surface area contributed by atoms with Gasteiger partial charge in [0.05, 0.1) is 20.3 Å². The van der Waals surface area contributed by atoms with Crippen LogP contribution in [0.5, 0.6) is 5.75 Å². The van der Waals surface area contributed by atoms with Gasteiger partial charge in [-0.05, 0) is 62.8 Å². The number of methoxy groups -OCH3 is 1. The van der Waals surface area contributed by atoms with Crippen LogP contribution in [-0.2, 0) is 19.1 Å². The number of esters is 2. The molecule has 0 heterocycles. The van der Waals surface area contributed by atoms with Crippen LogP contribution < -0.4 is 4.74 Å². The number of carbonyl (C=O) groups is 3. The summed E-state index contributed by atoms with van der Waals surface area (Å²) in [7, 11) is 1.56. The Balaban J connectivity index is 2.41. The maximum atomic E-state index is 13.3. The zero-order valence-electron chi connectivity index (χ0n) is 17.4. The summed E-state index contributed by atoms with van der Waals surface area (Å²) in [5.41, 5.74) is -1.27. The highest BCUT2D eigenvalue weighted by Crippen LogP contribution is 2.51. The maximum Gasteiger partial charge on any atom is 0.323 e. The molecular formula is C22H30O6. The fourth-order valence-corrected chi connectivity index (χ4v) is 3.83. The predicted molar refractivity (Wildman–Crippen MR) is 104 cm³/mol. The summed E-state index contributed by atoms with van der Waals surface area (Å²) in [5.74, 6) is -1.14. The van der Waals surface area contributed by atoms with Crippen molar-refractivity contribution in [1.29, 1.82) is 0 Å². The van der Waals surface area contributed by atoms with Gasteiger partial charge in [0.2, 0.25) is 0 Å². The molecule has 1 fully saturated rings. The molecule has 1 aliphatic carbocycles. The highest BCUT2D eigenvalue weighted by atomic mass is 16.6. The topological polar surface area (TPSA) is 78.9 Å². The Morgan fingerprint density at radius 3 is 1.96 bits per heavy atom. The van der Waals surface area contributed by atoms with Crippen LogP contribution >= 0.6 is 0 Å². The van der Waals surface area contributed by atoms with E-state index in [4.69, 9.17) is 14.2 Å². The molecule has 1 aromatic carbocycles. The average molecular weight is 390 g/mol. The zero-order valence-corrected chi connectivity index (χ0v) is 17.4. The lowest BCUT2D eigenvalue weighted by atomic mass is 9.57. The molecule has 1 aromatic rings.